The number of sulfonamides is 1. The molecule has 7 heteroatoms. The van der Waals surface area contributed by atoms with Crippen molar-refractivity contribution in [1.29, 1.82) is 0 Å². The van der Waals surface area contributed by atoms with Crippen molar-refractivity contribution in [2.45, 2.75) is 25.7 Å². The number of aromatic nitrogens is 1. The molecule has 0 fully saturated rings. The van der Waals surface area contributed by atoms with Gasteiger partial charge < -0.3 is 5.73 Å². The summed E-state index contributed by atoms with van der Waals surface area (Å²) in [7, 11) is -1.97. The maximum absolute atomic E-state index is 12.3. The third kappa shape index (κ3) is 4.22. The monoisotopic (exact) mass is 301 g/mol. The highest BCUT2D eigenvalue weighted by Gasteiger charge is 2.25. The van der Waals surface area contributed by atoms with Crippen LogP contribution in [0.3, 0.4) is 0 Å². The zero-order valence-electron chi connectivity index (χ0n) is 11.5. The molecule has 0 aromatic carbocycles. The van der Waals surface area contributed by atoms with E-state index in [0.717, 1.165) is 0 Å². The Hall–Kier alpha value is -1.05. The second kappa shape index (κ2) is 5.52. The summed E-state index contributed by atoms with van der Waals surface area (Å²) in [4.78, 5) is 4.23. The van der Waals surface area contributed by atoms with E-state index in [1.807, 2.05) is 20.8 Å². The molecule has 1 aromatic rings. The second-order valence-electron chi connectivity index (χ2n) is 5.57. The third-order valence-electron chi connectivity index (χ3n) is 2.39. The first kappa shape index (κ1) is 16.0. The minimum absolute atomic E-state index is 0.117. The average Bonchev–Trinajstić information content (AvgIpc) is 2.26. The highest BCUT2D eigenvalue weighted by molar-refractivity contribution is 7.89. The van der Waals surface area contributed by atoms with Gasteiger partial charge in [-0.1, -0.05) is 33.0 Å². The van der Waals surface area contributed by atoms with Crippen molar-refractivity contribution in [3.63, 3.8) is 0 Å². The Morgan fingerprint density at radius 1 is 1.42 bits per heavy atom. The lowest BCUT2D eigenvalue weighted by molar-refractivity contribution is 0.310. The van der Waals surface area contributed by atoms with Gasteiger partial charge in [0.1, 0.15) is 9.88 Å². The van der Waals surface area contributed by atoms with Crippen LogP contribution in [0.5, 0.6) is 0 Å². The fourth-order valence-corrected chi connectivity index (χ4v) is 3.08. The van der Waals surface area contributed by atoms with E-state index in [9.17, 15) is 8.42 Å². The molecule has 0 unspecified atom stereocenters. The molecule has 0 spiro atoms. The summed E-state index contributed by atoms with van der Waals surface area (Å²) in [5, 5.41) is 0. The number of hydrogen-bond donors (Lipinski definition) is 1. The van der Waals surface area contributed by atoms with Gasteiger partial charge in [-0.15, -0.1) is 0 Å². The molecule has 0 aliphatic heterocycles. The minimum atomic E-state index is -3.53. The van der Waals surface area contributed by atoms with Crippen molar-refractivity contribution >= 4 is 27.2 Å². The zero-order valence-corrected chi connectivity index (χ0v) is 13.2. The summed E-state index contributed by atoms with van der Waals surface area (Å²) >= 11 is 4.78. The first-order valence-electron chi connectivity index (χ1n) is 5.76. The van der Waals surface area contributed by atoms with Gasteiger partial charge in [-0.2, -0.15) is 0 Å². The number of hydrogen-bond acceptors (Lipinski definition) is 4. The Kier molecular flexibility index (Phi) is 4.65. The van der Waals surface area contributed by atoms with Crippen molar-refractivity contribution in [2.75, 3.05) is 13.6 Å². The van der Waals surface area contributed by atoms with E-state index in [-0.39, 0.29) is 15.3 Å². The summed E-state index contributed by atoms with van der Waals surface area (Å²) in [6.45, 7) is 6.36. The third-order valence-corrected chi connectivity index (χ3v) is 4.39. The normalized spacial score (nSPS) is 12.7. The molecule has 19 heavy (non-hydrogen) atoms. The van der Waals surface area contributed by atoms with Crippen LogP contribution in [0.1, 0.15) is 26.5 Å². The van der Waals surface area contributed by atoms with Crippen molar-refractivity contribution in [1.82, 2.24) is 9.29 Å². The van der Waals surface area contributed by atoms with E-state index in [4.69, 9.17) is 18.0 Å². The van der Waals surface area contributed by atoms with Gasteiger partial charge in [-0.25, -0.2) is 12.7 Å². The second-order valence-corrected chi connectivity index (χ2v) is 8.05. The largest absolute Gasteiger partial charge is 0.388 e. The Bertz CT molecular complexity index is 560. The van der Waals surface area contributed by atoms with Gasteiger partial charge in [0.15, 0.2) is 0 Å². The van der Waals surface area contributed by atoms with Gasteiger partial charge in [0, 0.05) is 19.8 Å². The molecular formula is C12H19N3O2S2. The minimum Gasteiger partial charge on any atom is -0.388 e. The predicted molar refractivity (Wildman–Crippen MR) is 79.4 cm³/mol. The van der Waals surface area contributed by atoms with E-state index < -0.39 is 10.0 Å². The van der Waals surface area contributed by atoms with Crippen LogP contribution in [0, 0.1) is 5.41 Å². The van der Waals surface area contributed by atoms with Crippen molar-refractivity contribution in [2.24, 2.45) is 11.1 Å². The van der Waals surface area contributed by atoms with Crippen LogP contribution in [0.15, 0.2) is 23.2 Å². The molecule has 0 bridgehead atoms. The van der Waals surface area contributed by atoms with E-state index in [2.05, 4.69) is 4.98 Å². The molecule has 106 valence electrons. The van der Waals surface area contributed by atoms with Crippen molar-refractivity contribution in [3.8, 4) is 0 Å². The molecule has 1 aromatic heterocycles. The molecule has 1 heterocycles. The number of rotatable bonds is 4. The molecule has 0 aliphatic rings. The maximum atomic E-state index is 12.3. The lowest BCUT2D eigenvalue weighted by atomic mass is 9.97. The fourth-order valence-electron chi connectivity index (χ4n) is 1.61. The van der Waals surface area contributed by atoms with Gasteiger partial charge in [-0.3, -0.25) is 4.98 Å². The summed E-state index contributed by atoms with van der Waals surface area (Å²) < 4.78 is 25.9. The summed E-state index contributed by atoms with van der Waals surface area (Å²) in [6, 6.07) is 2.98. The maximum Gasteiger partial charge on any atom is 0.244 e. The van der Waals surface area contributed by atoms with Crippen LogP contribution in [0.4, 0.5) is 0 Å². The molecule has 0 radical (unpaired) electrons. The van der Waals surface area contributed by atoms with E-state index in [1.54, 1.807) is 7.05 Å². The van der Waals surface area contributed by atoms with Gasteiger partial charge in [-0.05, 0) is 17.5 Å². The first-order chi connectivity index (χ1) is 8.54. The van der Waals surface area contributed by atoms with Crippen LogP contribution < -0.4 is 5.73 Å². The summed E-state index contributed by atoms with van der Waals surface area (Å²) in [6.07, 6.45) is 1.28. The SMILES string of the molecule is CN(CC(C)(C)C)S(=O)(=O)c1ccc(C(N)=S)nc1. The zero-order chi connectivity index (χ0) is 14.8. The van der Waals surface area contributed by atoms with E-state index >= 15 is 0 Å². The van der Waals surface area contributed by atoms with Crippen LogP contribution >= 0.6 is 12.2 Å². The smallest absolute Gasteiger partial charge is 0.244 e. The molecule has 0 amide bonds. The van der Waals surface area contributed by atoms with Gasteiger partial charge in [0.2, 0.25) is 10.0 Å². The Balaban J connectivity index is 3.03. The highest BCUT2D eigenvalue weighted by atomic mass is 32.2. The van der Waals surface area contributed by atoms with E-state index in [1.165, 1.54) is 22.6 Å². The lowest BCUT2D eigenvalue weighted by Gasteiger charge is -2.25. The quantitative estimate of drug-likeness (QED) is 0.850. The Labute approximate surface area is 119 Å². The van der Waals surface area contributed by atoms with Crippen LogP contribution in [-0.4, -0.2) is 36.3 Å². The predicted octanol–water partition coefficient (Wildman–Crippen LogP) is 1.38. The number of thiocarbonyl (C=S) groups is 1. The molecule has 0 saturated carbocycles. The molecule has 5 nitrogen and oxygen atoms in total. The average molecular weight is 301 g/mol. The Morgan fingerprint density at radius 3 is 2.37 bits per heavy atom. The molecular weight excluding hydrogens is 282 g/mol. The fraction of sp³-hybridized carbons (Fsp3) is 0.500. The topological polar surface area (TPSA) is 76.3 Å². The van der Waals surface area contributed by atoms with Gasteiger partial charge in [0.05, 0.1) is 5.69 Å². The van der Waals surface area contributed by atoms with Gasteiger partial charge in [0.25, 0.3) is 0 Å². The molecule has 2 N–H and O–H groups in total. The van der Waals surface area contributed by atoms with Crippen molar-refractivity contribution < 1.29 is 8.42 Å². The van der Waals surface area contributed by atoms with Crippen LogP contribution in [0.25, 0.3) is 0 Å². The number of nitrogens with two attached hydrogens (primary N) is 1. The molecule has 0 saturated heterocycles. The van der Waals surface area contributed by atoms with E-state index in [0.29, 0.717) is 12.2 Å². The van der Waals surface area contributed by atoms with Gasteiger partial charge >= 0.3 is 0 Å². The summed E-state index contributed by atoms with van der Waals surface area (Å²) in [5.41, 5.74) is 5.72. The molecule has 0 atom stereocenters. The number of nitrogens with zero attached hydrogens (tertiary/aromatic N) is 2. The lowest BCUT2D eigenvalue weighted by Crippen LogP contribution is -2.34. The van der Waals surface area contributed by atoms with Crippen molar-refractivity contribution in [3.05, 3.63) is 24.0 Å². The van der Waals surface area contributed by atoms with Crippen LogP contribution in [0.2, 0.25) is 0 Å². The highest BCUT2D eigenvalue weighted by Crippen LogP contribution is 2.20. The molecule has 1 rings (SSSR count). The number of pyridine rings is 1. The summed E-state index contributed by atoms with van der Waals surface area (Å²) in [5.74, 6) is 0. The molecule has 0 aliphatic carbocycles. The standard InChI is InChI=1S/C12H19N3O2S2/c1-12(2,3)8-15(4)19(16,17)9-5-6-10(11(13)18)14-7-9/h5-7H,8H2,1-4H3,(H2,13,18). The Morgan fingerprint density at radius 2 is 2.00 bits per heavy atom. The first-order valence-corrected chi connectivity index (χ1v) is 7.61. The van der Waals surface area contributed by atoms with Crippen LogP contribution in [-0.2, 0) is 10.0 Å².